The second-order valence-electron chi connectivity index (χ2n) is 5.31. The van der Waals surface area contributed by atoms with E-state index in [0.29, 0.717) is 5.95 Å². The highest BCUT2D eigenvalue weighted by molar-refractivity contribution is 5.58. The summed E-state index contributed by atoms with van der Waals surface area (Å²) in [5, 5.41) is 6.66. The Hall–Kier alpha value is -2.14. The molecule has 0 saturated carbocycles. The molecule has 21 heavy (non-hydrogen) atoms. The maximum Gasteiger partial charge on any atom is 0.229 e. The van der Waals surface area contributed by atoms with Gasteiger partial charge in [-0.15, -0.1) is 0 Å². The molecule has 0 bridgehead atoms. The van der Waals surface area contributed by atoms with Gasteiger partial charge in [-0.05, 0) is 26.0 Å². The number of aromatic nitrogens is 2. The molecule has 5 heteroatoms. The number of aryl methyl sites for hydroxylation is 1. The van der Waals surface area contributed by atoms with E-state index in [-0.39, 0.29) is 0 Å². The SMILES string of the molecule is Cc1nc(Nc2ccccc2)nc(N2CCNCC2)c1C. The molecule has 1 aliphatic rings. The van der Waals surface area contributed by atoms with Gasteiger partial charge in [0.1, 0.15) is 5.82 Å². The summed E-state index contributed by atoms with van der Waals surface area (Å²) in [6.45, 7) is 8.12. The molecule has 0 unspecified atom stereocenters. The second-order valence-corrected chi connectivity index (χ2v) is 5.31. The van der Waals surface area contributed by atoms with Crippen molar-refractivity contribution in [1.82, 2.24) is 15.3 Å². The van der Waals surface area contributed by atoms with Crippen molar-refractivity contribution in [1.29, 1.82) is 0 Å². The summed E-state index contributed by atoms with van der Waals surface area (Å²) in [7, 11) is 0. The molecule has 1 aliphatic heterocycles. The highest BCUT2D eigenvalue weighted by Crippen LogP contribution is 2.23. The zero-order chi connectivity index (χ0) is 14.7. The van der Waals surface area contributed by atoms with Crippen LogP contribution in [0.15, 0.2) is 30.3 Å². The molecule has 0 radical (unpaired) electrons. The Balaban J connectivity index is 1.89. The van der Waals surface area contributed by atoms with Gasteiger partial charge in [-0.2, -0.15) is 4.98 Å². The van der Waals surface area contributed by atoms with E-state index in [1.807, 2.05) is 37.3 Å². The minimum Gasteiger partial charge on any atom is -0.354 e. The standard InChI is InChI=1S/C16H21N5/c1-12-13(2)18-16(19-14-6-4-3-5-7-14)20-15(12)21-10-8-17-9-11-21/h3-7,17H,8-11H2,1-2H3,(H,18,19,20). The molecule has 0 aliphatic carbocycles. The van der Waals surface area contributed by atoms with E-state index >= 15 is 0 Å². The minimum absolute atomic E-state index is 0.665. The highest BCUT2D eigenvalue weighted by atomic mass is 15.3. The molecule has 0 atom stereocenters. The Morgan fingerprint density at radius 1 is 1.05 bits per heavy atom. The molecule has 5 nitrogen and oxygen atoms in total. The van der Waals surface area contributed by atoms with Crippen molar-refractivity contribution in [2.24, 2.45) is 0 Å². The third-order valence-electron chi connectivity index (χ3n) is 3.81. The van der Waals surface area contributed by atoms with Gasteiger partial charge in [0, 0.05) is 43.1 Å². The Bertz CT molecular complexity index is 606. The lowest BCUT2D eigenvalue weighted by atomic mass is 10.2. The summed E-state index contributed by atoms with van der Waals surface area (Å²) >= 11 is 0. The lowest BCUT2D eigenvalue weighted by Gasteiger charge is -2.30. The van der Waals surface area contributed by atoms with E-state index in [1.165, 1.54) is 0 Å². The van der Waals surface area contributed by atoms with Crippen LogP contribution in [0.5, 0.6) is 0 Å². The van der Waals surface area contributed by atoms with Gasteiger partial charge in [0.2, 0.25) is 5.95 Å². The molecule has 2 aromatic rings. The Labute approximate surface area is 125 Å². The Morgan fingerprint density at radius 2 is 1.76 bits per heavy atom. The van der Waals surface area contributed by atoms with Crippen LogP contribution in [0.2, 0.25) is 0 Å². The van der Waals surface area contributed by atoms with Crippen LogP contribution in [0.4, 0.5) is 17.5 Å². The van der Waals surface area contributed by atoms with Crippen LogP contribution in [0.1, 0.15) is 11.3 Å². The quantitative estimate of drug-likeness (QED) is 0.905. The number of nitrogens with one attached hydrogen (secondary N) is 2. The van der Waals surface area contributed by atoms with Gasteiger partial charge in [-0.3, -0.25) is 0 Å². The molecular weight excluding hydrogens is 262 g/mol. The van der Waals surface area contributed by atoms with Gasteiger partial charge in [0.15, 0.2) is 0 Å². The summed E-state index contributed by atoms with van der Waals surface area (Å²) in [6.07, 6.45) is 0. The normalized spacial score (nSPS) is 15.0. The first-order chi connectivity index (χ1) is 10.2. The first-order valence-electron chi connectivity index (χ1n) is 7.37. The van der Waals surface area contributed by atoms with Crippen molar-refractivity contribution in [2.45, 2.75) is 13.8 Å². The van der Waals surface area contributed by atoms with Gasteiger partial charge in [-0.1, -0.05) is 18.2 Å². The van der Waals surface area contributed by atoms with Crippen LogP contribution in [0.25, 0.3) is 0 Å². The van der Waals surface area contributed by atoms with Crippen LogP contribution in [0, 0.1) is 13.8 Å². The van der Waals surface area contributed by atoms with E-state index < -0.39 is 0 Å². The molecule has 1 aromatic carbocycles. The fourth-order valence-electron chi connectivity index (χ4n) is 2.50. The first-order valence-corrected chi connectivity index (χ1v) is 7.37. The molecular formula is C16H21N5. The van der Waals surface area contributed by atoms with E-state index in [2.05, 4.69) is 27.4 Å². The van der Waals surface area contributed by atoms with Crippen molar-refractivity contribution in [3.8, 4) is 0 Å². The van der Waals surface area contributed by atoms with E-state index in [9.17, 15) is 0 Å². The van der Waals surface area contributed by atoms with Crippen molar-refractivity contribution in [3.05, 3.63) is 41.6 Å². The fraction of sp³-hybridized carbons (Fsp3) is 0.375. The topological polar surface area (TPSA) is 53.1 Å². The van der Waals surface area contributed by atoms with Crippen LogP contribution in [-0.2, 0) is 0 Å². The number of benzene rings is 1. The minimum atomic E-state index is 0.665. The van der Waals surface area contributed by atoms with E-state index in [1.54, 1.807) is 0 Å². The number of hydrogen-bond acceptors (Lipinski definition) is 5. The Morgan fingerprint density at radius 3 is 2.48 bits per heavy atom. The number of para-hydroxylation sites is 1. The largest absolute Gasteiger partial charge is 0.354 e. The van der Waals surface area contributed by atoms with Crippen molar-refractivity contribution < 1.29 is 0 Å². The predicted molar refractivity (Wildman–Crippen MR) is 86.3 cm³/mol. The molecule has 2 heterocycles. The lowest BCUT2D eigenvalue weighted by Crippen LogP contribution is -2.44. The van der Waals surface area contributed by atoms with Crippen LogP contribution in [0.3, 0.4) is 0 Å². The highest BCUT2D eigenvalue weighted by Gasteiger charge is 2.17. The monoisotopic (exact) mass is 283 g/mol. The average molecular weight is 283 g/mol. The number of rotatable bonds is 3. The predicted octanol–water partition coefficient (Wildman–Crippen LogP) is 2.25. The Kier molecular flexibility index (Phi) is 4.01. The molecule has 2 N–H and O–H groups in total. The van der Waals surface area contributed by atoms with E-state index in [4.69, 9.17) is 4.98 Å². The zero-order valence-corrected chi connectivity index (χ0v) is 12.6. The van der Waals surface area contributed by atoms with Gasteiger partial charge in [-0.25, -0.2) is 4.98 Å². The number of anilines is 3. The second kappa shape index (κ2) is 6.10. The van der Waals surface area contributed by atoms with Crippen LogP contribution in [-0.4, -0.2) is 36.1 Å². The molecule has 0 spiro atoms. The molecule has 3 rings (SSSR count). The third kappa shape index (κ3) is 3.13. The van der Waals surface area contributed by atoms with Crippen molar-refractivity contribution >= 4 is 17.5 Å². The third-order valence-corrected chi connectivity index (χ3v) is 3.81. The van der Waals surface area contributed by atoms with Crippen LogP contribution >= 0.6 is 0 Å². The number of nitrogens with zero attached hydrogens (tertiary/aromatic N) is 3. The summed E-state index contributed by atoms with van der Waals surface area (Å²) in [6, 6.07) is 10.0. The van der Waals surface area contributed by atoms with Gasteiger partial charge in [0.25, 0.3) is 0 Å². The summed E-state index contributed by atoms with van der Waals surface area (Å²) < 4.78 is 0. The summed E-state index contributed by atoms with van der Waals surface area (Å²) in [5.41, 5.74) is 3.19. The molecule has 0 amide bonds. The average Bonchev–Trinajstić information content (AvgIpc) is 2.52. The van der Waals surface area contributed by atoms with Crippen molar-refractivity contribution in [3.63, 3.8) is 0 Å². The first kappa shape index (κ1) is 13.8. The molecule has 1 saturated heterocycles. The van der Waals surface area contributed by atoms with Crippen LogP contribution < -0.4 is 15.5 Å². The molecule has 1 aromatic heterocycles. The summed E-state index contributed by atoms with van der Waals surface area (Å²) in [4.78, 5) is 11.6. The lowest BCUT2D eigenvalue weighted by molar-refractivity contribution is 0.583. The fourth-order valence-corrected chi connectivity index (χ4v) is 2.50. The van der Waals surface area contributed by atoms with Gasteiger partial charge >= 0.3 is 0 Å². The maximum absolute atomic E-state index is 4.73. The zero-order valence-electron chi connectivity index (χ0n) is 12.6. The number of piperazine rings is 1. The van der Waals surface area contributed by atoms with Crippen molar-refractivity contribution in [2.75, 3.05) is 36.4 Å². The van der Waals surface area contributed by atoms with Gasteiger partial charge in [0.05, 0.1) is 0 Å². The maximum atomic E-state index is 4.73. The van der Waals surface area contributed by atoms with E-state index in [0.717, 1.165) is 48.9 Å². The molecule has 1 fully saturated rings. The molecule has 110 valence electrons. The number of hydrogen-bond donors (Lipinski definition) is 2. The smallest absolute Gasteiger partial charge is 0.229 e. The van der Waals surface area contributed by atoms with Gasteiger partial charge < -0.3 is 15.5 Å². The summed E-state index contributed by atoms with van der Waals surface area (Å²) in [5.74, 6) is 1.71.